The van der Waals surface area contributed by atoms with E-state index in [1.54, 1.807) is 18.2 Å². The van der Waals surface area contributed by atoms with Crippen LogP contribution in [-0.4, -0.2) is 24.0 Å². The molecule has 0 aliphatic heterocycles. The number of aryl methyl sites for hydroxylation is 1. The molecule has 4 heteroatoms. The van der Waals surface area contributed by atoms with Gasteiger partial charge < -0.3 is 4.74 Å². The van der Waals surface area contributed by atoms with Crippen LogP contribution in [0.4, 0.5) is 0 Å². The Morgan fingerprint density at radius 2 is 1.83 bits per heavy atom. The molecule has 0 saturated carbocycles. The first-order chi connectivity index (χ1) is 11.7. The zero-order valence-electron chi connectivity index (χ0n) is 13.5. The lowest BCUT2D eigenvalue weighted by Crippen LogP contribution is -2.07. The van der Waals surface area contributed by atoms with Crippen molar-refractivity contribution in [3.63, 3.8) is 0 Å². The maximum absolute atomic E-state index is 12.0. The molecule has 0 aromatic heterocycles. The minimum Gasteiger partial charge on any atom is -0.493 e. The van der Waals surface area contributed by atoms with Gasteiger partial charge >= 0.3 is 0 Å². The summed E-state index contributed by atoms with van der Waals surface area (Å²) < 4.78 is 5.75. The molecule has 126 valence electrons. The van der Waals surface area contributed by atoms with Crippen LogP contribution in [-0.2, 0) is 6.42 Å². The van der Waals surface area contributed by atoms with Gasteiger partial charge in [0.15, 0.2) is 5.78 Å². The maximum atomic E-state index is 12.0. The van der Waals surface area contributed by atoms with Crippen molar-refractivity contribution in [1.29, 1.82) is 0 Å². The highest BCUT2D eigenvalue weighted by Crippen LogP contribution is 2.21. The second-order valence-corrected chi connectivity index (χ2v) is 6.14. The summed E-state index contributed by atoms with van der Waals surface area (Å²) >= 11 is 3.16. The average molecular weight is 389 g/mol. The molecule has 2 aromatic carbocycles. The van der Waals surface area contributed by atoms with Crippen LogP contribution >= 0.6 is 15.9 Å². The Bertz CT molecular complexity index is 668. The van der Waals surface area contributed by atoms with Crippen molar-refractivity contribution in [2.45, 2.75) is 25.7 Å². The highest BCUT2D eigenvalue weighted by molar-refractivity contribution is 9.09. The van der Waals surface area contributed by atoms with E-state index in [4.69, 9.17) is 4.74 Å². The number of halogens is 1. The Hall–Kier alpha value is -1.94. The molecule has 0 bridgehead atoms. The van der Waals surface area contributed by atoms with Crippen LogP contribution in [0.15, 0.2) is 48.5 Å². The number of carbonyl (C=O) groups is 2. The number of rotatable bonds is 10. The van der Waals surface area contributed by atoms with E-state index in [0.717, 1.165) is 32.0 Å². The van der Waals surface area contributed by atoms with Crippen LogP contribution in [0.1, 0.15) is 45.5 Å². The molecule has 3 nitrogen and oxygen atoms in total. The Kier molecular flexibility index (Phi) is 7.69. The van der Waals surface area contributed by atoms with Gasteiger partial charge in [-0.25, -0.2) is 0 Å². The lowest BCUT2D eigenvalue weighted by atomic mass is 10.1. The summed E-state index contributed by atoms with van der Waals surface area (Å²) in [6, 6.07) is 15.4. The summed E-state index contributed by atoms with van der Waals surface area (Å²) in [4.78, 5) is 22.8. The number of hydrogen-bond acceptors (Lipinski definition) is 3. The van der Waals surface area contributed by atoms with Crippen molar-refractivity contribution < 1.29 is 14.3 Å². The minimum atomic E-state index is -0.0854. The first-order valence-electron chi connectivity index (χ1n) is 8.09. The number of hydrogen-bond donors (Lipinski definition) is 0. The van der Waals surface area contributed by atoms with Gasteiger partial charge in [0.05, 0.1) is 17.5 Å². The molecule has 0 N–H and O–H groups in total. The number of aldehydes is 1. The van der Waals surface area contributed by atoms with Crippen LogP contribution in [0, 0.1) is 0 Å². The van der Waals surface area contributed by atoms with Crippen LogP contribution in [0.2, 0.25) is 0 Å². The highest BCUT2D eigenvalue weighted by atomic mass is 79.9. The first-order valence-corrected chi connectivity index (χ1v) is 9.22. The quantitative estimate of drug-likeness (QED) is 0.252. The molecular formula is C20H21BrO3. The highest BCUT2D eigenvalue weighted by Gasteiger charge is 2.12. The number of Topliss-reactive ketones (excluding diaryl/α,β-unsaturated/α-hetero) is 1. The van der Waals surface area contributed by atoms with Crippen molar-refractivity contribution in [2.75, 3.05) is 11.9 Å². The van der Waals surface area contributed by atoms with Gasteiger partial charge in [-0.05, 0) is 49.4 Å². The summed E-state index contributed by atoms with van der Waals surface area (Å²) in [5.74, 6) is 0.464. The topological polar surface area (TPSA) is 43.4 Å². The zero-order valence-corrected chi connectivity index (χ0v) is 15.1. The summed E-state index contributed by atoms with van der Waals surface area (Å²) in [5.41, 5.74) is 2.29. The maximum Gasteiger partial charge on any atom is 0.177 e. The standard InChI is InChI=1S/C20H21BrO3/c21-14-19(23)18-13-17(15-22)10-11-20(18)24-12-6-2-5-9-16-7-3-1-4-8-16/h1,3-4,7-8,10-11,13,15H,2,5-6,9,12,14H2. The van der Waals surface area contributed by atoms with Crippen molar-refractivity contribution in [3.05, 3.63) is 65.2 Å². The van der Waals surface area contributed by atoms with Crippen LogP contribution in [0.3, 0.4) is 0 Å². The van der Waals surface area contributed by atoms with Gasteiger partial charge in [-0.3, -0.25) is 9.59 Å². The Labute approximate surface area is 151 Å². The normalized spacial score (nSPS) is 10.4. The fourth-order valence-electron chi connectivity index (χ4n) is 2.47. The lowest BCUT2D eigenvalue weighted by molar-refractivity contribution is 0.101. The van der Waals surface area contributed by atoms with Crippen molar-refractivity contribution in [3.8, 4) is 5.75 Å². The predicted octanol–water partition coefficient (Wildman–Crippen LogP) is 4.87. The van der Waals surface area contributed by atoms with Gasteiger partial charge in [0.2, 0.25) is 0 Å². The van der Waals surface area contributed by atoms with E-state index in [1.165, 1.54) is 5.56 Å². The molecule has 24 heavy (non-hydrogen) atoms. The third-order valence-corrected chi connectivity index (χ3v) is 4.28. The van der Waals surface area contributed by atoms with Crippen molar-refractivity contribution in [2.24, 2.45) is 0 Å². The van der Waals surface area contributed by atoms with Crippen LogP contribution < -0.4 is 4.74 Å². The molecule has 2 rings (SSSR count). The van der Waals surface area contributed by atoms with Gasteiger partial charge in [-0.1, -0.05) is 46.3 Å². The number of ketones is 1. The fourth-order valence-corrected chi connectivity index (χ4v) is 2.77. The molecule has 0 atom stereocenters. The molecule has 0 unspecified atom stereocenters. The third-order valence-electron chi connectivity index (χ3n) is 3.77. The van der Waals surface area contributed by atoms with E-state index in [0.29, 0.717) is 23.5 Å². The molecule has 0 radical (unpaired) electrons. The third kappa shape index (κ3) is 5.60. The van der Waals surface area contributed by atoms with Gasteiger partial charge in [-0.15, -0.1) is 0 Å². The zero-order chi connectivity index (χ0) is 17.2. The molecule has 2 aromatic rings. The van der Waals surface area contributed by atoms with Crippen molar-refractivity contribution >= 4 is 28.0 Å². The Morgan fingerprint density at radius 1 is 1.04 bits per heavy atom. The van der Waals surface area contributed by atoms with E-state index in [-0.39, 0.29) is 11.1 Å². The molecule has 0 saturated heterocycles. The SMILES string of the molecule is O=Cc1ccc(OCCCCCc2ccccc2)c(C(=O)CBr)c1. The smallest absolute Gasteiger partial charge is 0.177 e. The summed E-state index contributed by atoms with van der Waals surface area (Å²) in [6.45, 7) is 0.567. The van der Waals surface area contributed by atoms with Crippen LogP contribution in [0.25, 0.3) is 0 Å². The van der Waals surface area contributed by atoms with Gasteiger partial charge in [0.25, 0.3) is 0 Å². The Morgan fingerprint density at radius 3 is 2.54 bits per heavy atom. The largest absolute Gasteiger partial charge is 0.493 e. The molecule has 0 fully saturated rings. The second-order valence-electron chi connectivity index (χ2n) is 5.57. The van der Waals surface area contributed by atoms with E-state index in [2.05, 4.69) is 40.2 Å². The number of unbranched alkanes of at least 4 members (excludes halogenated alkanes) is 2. The summed E-state index contributed by atoms with van der Waals surface area (Å²) in [7, 11) is 0. The molecule has 0 aliphatic carbocycles. The number of alkyl halides is 1. The van der Waals surface area contributed by atoms with Crippen molar-refractivity contribution in [1.82, 2.24) is 0 Å². The fraction of sp³-hybridized carbons (Fsp3) is 0.300. The lowest BCUT2D eigenvalue weighted by Gasteiger charge is -2.11. The minimum absolute atomic E-state index is 0.0854. The monoisotopic (exact) mass is 388 g/mol. The second kappa shape index (κ2) is 10.0. The first kappa shape index (κ1) is 18.4. The van der Waals surface area contributed by atoms with E-state index in [1.807, 2.05) is 6.07 Å². The van der Waals surface area contributed by atoms with E-state index < -0.39 is 0 Å². The molecule has 0 heterocycles. The van der Waals surface area contributed by atoms with Gasteiger partial charge in [0.1, 0.15) is 12.0 Å². The van der Waals surface area contributed by atoms with Crippen LogP contribution in [0.5, 0.6) is 5.75 Å². The Balaban J connectivity index is 1.79. The summed E-state index contributed by atoms with van der Waals surface area (Å²) in [6.07, 6.45) is 4.93. The van der Waals surface area contributed by atoms with E-state index in [9.17, 15) is 9.59 Å². The molecular weight excluding hydrogens is 368 g/mol. The molecule has 0 aliphatic rings. The molecule has 0 amide bonds. The number of ether oxygens (including phenoxy) is 1. The average Bonchev–Trinajstić information content (AvgIpc) is 2.64. The van der Waals surface area contributed by atoms with Gasteiger partial charge in [-0.2, -0.15) is 0 Å². The number of benzene rings is 2. The number of carbonyl (C=O) groups excluding carboxylic acids is 2. The predicted molar refractivity (Wildman–Crippen MR) is 99.4 cm³/mol. The van der Waals surface area contributed by atoms with Gasteiger partial charge in [0, 0.05) is 5.56 Å². The van der Waals surface area contributed by atoms with E-state index >= 15 is 0 Å². The summed E-state index contributed by atoms with van der Waals surface area (Å²) in [5, 5.41) is 0.211. The molecule has 0 spiro atoms.